The molecule has 1 aliphatic rings. The van der Waals surface area contributed by atoms with Gasteiger partial charge in [-0.3, -0.25) is 14.5 Å². The summed E-state index contributed by atoms with van der Waals surface area (Å²) >= 11 is 1.53. The molecule has 1 saturated heterocycles. The fourth-order valence-corrected chi connectivity index (χ4v) is 4.81. The van der Waals surface area contributed by atoms with Crippen molar-refractivity contribution >= 4 is 23.2 Å². The SMILES string of the molecule is Cc1ccc(CN(Cc2ccc(F)cc2)C(=O)CN(CCN2CCOCC2)C(=O)Cc2cccs2)o1. The molecular weight excluding hydrogens is 481 g/mol. The van der Waals surface area contributed by atoms with Crippen LogP contribution in [0.5, 0.6) is 0 Å². The van der Waals surface area contributed by atoms with E-state index in [2.05, 4.69) is 4.90 Å². The first kappa shape index (κ1) is 26.1. The quantitative estimate of drug-likeness (QED) is 0.391. The number of benzene rings is 1. The lowest BCUT2D eigenvalue weighted by Crippen LogP contribution is -2.47. The smallest absolute Gasteiger partial charge is 0.242 e. The molecule has 0 aliphatic carbocycles. The number of hydrogen-bond acceptors (Lipinski definition) is 6. The zero-order valence-corrected chi connectivity index (χ0v) is 21.3. The number of rotatable bonds is 11. The molecule has 9 heteroatoms. The molecule has 2 aromatic heterocycles. The molecule has 1 aliphatic heterocycles. The van der Waals surface area contributed by atoms with Gasteiger partial charge in [0.1, 0.15) is 17.3 Å². The van der Waals surface area contributed by atoms with E-state index in [1.165, 1.54) is 23.5 Å². The molecule has 0 unspecified atom stereocenters. The fourth-order valence-electron chi connectivity index (χ4n) is 4.12. The lowest BCUT2D eigenvalue weighted by molar-refractivity contribution is -0.141. The van der Waals surface area contributed by atoms with E-state index in [0.717, 1.165) is 29.3 Å². The maximum atomic E-state index is 13.6. The Labute approximate surface area is 215 Å². The Balaban J connectivity index is 1.48. The lowest BCUT2D eigenvalue weighted by atomic mass is 10.2. The van der Waals surface area contributed by atoms with Crippen molar-refractivity contribution in [2.45, 2.75) is 26.4 Å². The highest BCUT2D eigenvalue weighted by Gasteiger charge is 2.24. The molecule has 3 aromatic rings. The highest BCUT2D eigenvalue weighted by atomic mass is 32.1. The summed E-state index contributed by atoms with van der Waals surface area (Å²) in [5, 5.41) is 1.95. The van der Waals surface area contributed by atoms with E-state index >= 15 is 0 Å². The summed E-state index contributed by atoms with van der Waals surface area (Å²) in [7, 11) is 0. The Morgan fingerprint density at radius 3 is 2.44 bits per heavy atom. The van der Waals surface area contributed by atoms with E-state index in [1.54, 1.807) is 21.9 Å². The minimum absolute atomic E-state index is 0.0323. The van der Waals surface area contributed by atoms with Gasteiger partial charge in [0.15, 0.2) is 0 Å². The van der Waals surface area contributed by atoms with Gasteiger partial charge >= 0.3 is 0 Å². The largest absolute Gasteiger partial charge is 0.464 e. The van der Waals surface area contributed by atoms with Gasteiger partial charge in [0.2, 0.25) is 11.8 Å². The molecule has 192 valence electrons. The maximum absolute atomic E-state index is 13.6. The van der Waals surface area contributed by atoms with Gasteiger partial charge in [-0.2, -0.15) is 0 Å². The molecule has 0 saturated carbocycles. The Bertz CT molecular complexity index is 1110. The van der Waals surface area contributed by atoms with Gasteiger partial charge in [0, 0.05) is 37.6 Å². The van der Waals surface area contributed by atoms with Crippen LogP contribution in [0.15, 0.2) is 58.3 Å². The molecule has 36 heavy (non-hydrogen) atoms. The summed E-state index contributed by atoms with van der Waals surface area (Å²) in [6.45, 7) is 6.50. The second kappa shape index (κ2) is 12.8. The molecule has 4 rings (SSSR count). The van der Waals surface area contributed by atoms with Gasteiger partial charge < -0.3 is 19.0 Å². The van der Waals surface area contributed by atoms with Crippen LogP contribution < -0.4 is 0 Å². The topological polar surface area (TPSA) is 66.2 Å². The van der Waals surface area contributed by atoms with Gasteiger partial charge in [-0.15, -0.1) is 11.3 Å². The van der Waals surface area contributed by atoms with Crippen LogP contribution in [0.3, 0.4) is 0 Å². The molecule has 0 spiro atoms. The standard InChI is InChI=1S/C27H32FN3O4S/c1-21-4-9-24(35-21)19-31(18-22-5-7-23(28)8-6-22)27(33)20-30(11-10-29-12-14-34-15-13-29)26(32)17-25-3-2-16-36-25/h2-9,16H,10-15,17-20H2,1H3. The molecule has 1 aromatic carbocycles. The van der Waals surface area contributed by atoms with Crippen LogP contribution in [-0.4, -0.2) is 72.5 Å². The number of nitrogens with zero attached hydrogens (tertiary/aromatic N) is 3. The summed E-state index contributed by atoms with van der Waals surface area (Å²) in [5.41, 5.74) is 0.804. The number of furan rings is 1. The highest BCUT2D eigenvalue weighted by molar-refractivity contribution is 7.10. The molecule has 0 atom stereocenters. The Morgan fingerprint density at radius 1 is 1.00 bits per heavy atom. The second-order valence-electron chi connectivity index (χ2n) is 8.91. The zero-order valence-electron chi connectivity index (χ0n) is 20.5. The fraction of sp³-hybridized carbons (Fsp3) is 0.407. The first-order chi connectivity index (χ1) is 17.5. The molecule has 0 N–H and O–H groups in total. The van der Waals surface area contributed by atoms with Crippen LogP contribution >= 0.6 is 11.3 Å². The summed E-state index contributed by atoms with van der Waals surface area (Å²) in [6.07, 6.45) is 0.267. The third-order valence-corrected chi connectivity index (χ3v) is 7.03. The average molecular weight is 514 g/mol. The summed E-state index contributed by atoms with van der Waals surface area (Å²) < 4.78 is 24.6. The van der Waals surface area contributed by atoms with Gasteiger partial charge in [-0.1, -0.05) is 18.2 Å². The van der Waals surface area contributed by atoms with Gasteiger partial charge in [0.05, 0.1) is 32.7 Å². The molecule has 2 amide bonds. The van der Waals surface area contributed by atoms with E-state index in [9.17, 15) is 14.0 Å². The van der Waals surface area contributed by atoms with Crippen LogP contribution in [0.1, 0.15) is 22.0 Å². The number of morpholine rings is 1. The van der Waals surface area contributed by atoms with Crippen LogP contribution in [-0.2, 0) is 33.8 Å². The molecule has 1 fully saturated rings. The van der Waals surface area contributed by atoms with Crippen molar-refractivity contribution in [2.75, 3.05) is 45.9 Å². The Hall–Kier alpha value is -3.01. The summed E-state index contributed by atoms with van der Waals surface area (Å²) in [6, 6.07) is 13.7. The summed E-state index contributed by atoms with van der Waals surface area (Å²) in [4.78, 5) is 33.4. The van der Waals surface area contributed by atoms with Crippen molar-refractivity contribution in [3.63, 3.8) is 0 Å². The predicted octanol–water partition coefficient (Wildman–Crippen LogP) is 3.72. The zero-order chi connectivity index (χ0) is 25.3. The molecule has 0 radical (unpaired) electrons. The number of aryl methyl sites for hydroxylation is 1. The second-order valence-corrected chi connectivity index (χ2v) is 9.95. The van der Waals surface area contributed by atoms with Gasteiger partial charge in [-0.25, -0.2) is 4.39 Å². The van der Waals surface area contributed by atoms with Crippen molar-refractivity contribution in [3.05, 3.63) is 81.7 Å². The number of carbonyl (C=O) groups excluding carboxylic acids is 2. The lowest BCUT2D eigenvalue weighted by Gasteiger charge is -2.31. The average Bonchev–Trinajstić information content (AvgIpc) is 3.54. The van der Waals surface area contributed by atoms with Crippen LogP contribution in [0.2, 0.25) is 0 Å². The normalized spacial score (nSPS) is 14.1. The minimum atomic E-state index is -0.327. The van der Waals surface area contributed by atoms with E-state index in [0.29, 0.717) is 32.1 Å². The van der Waals surface area contributed by atoms with Crippen LogP contribution in [0.4, 0.5) is 4.39 Å². The number of thiophene rings is 1. The molecule has 0 bridgehead atoms. The van der Waals surface area contributed by atoms with E-state index in [-0.39, 0.29) is 43.7 Å². The van der Waals surface area contributed by atoms with Gasteiger partial charge in [-0.05, 0) is 48.2 Å². The number of amides is 2. The van der Waals surface area contributed by atoms with E-state index in [4.69, 9.17) is 9.15 Å². The van der Waals surface area contributed by atoms with Crippen molar-refractivity contribution in [2.24, 2.45) is 0 Å². The molecular formula is C27H32FN3O4S. The third-order valence-electron chi connectivity index (χ3n) is 6.16. The minimum Gasteiger partial charge on any atom is -0.464 e. The van der Waals surface area contributed by atoms with E-state index in [1.807, 2.05) is 36.6 Å². The van der Waals surface area contributed by atoms with E-state index < -0.39 is 0 Å². The number of halogens is 1. The first-order valence-corrected chi connectivity index (χ1v) is 13.0. The van der Waals surface area contributed by atoms with Gasteiger partial charge in [0.25, 0.3) is 0 Å². The van der Waals surface area contributed by atoms with Crippen LogP contribution in [0, 0.1) is 12.7 Å². The first-order valence-electron chi connectivity index (χ1n) is 12.1. The van der Waals surface area contributed by atoms with Crippen molar-refractivity contribution in [1.82, 2.24) is 14.7 Å². The number of ether oxygens (including phenoxy) is 1. The van der Waals surface area contributed by atoms with Crippen molar-refractivity contribution in [3.8, 4) is 0 Å². The molecule has 3 heterocycles. The maximum Gasteiger partial charge on any atom is 0.242 e. The highest BCUT2D eigenvalue weighted by Crippen LogP contribution is 2.16. The number of hydrogen-bond donors (Lipinski definition) is 0. The predicted molar refractivity (Wildman–Crippen MR) is 136 cm³/mol. The van der Waals surface area contributed by atoms with Crippen molar-refractivity contribution in [1.29, 1.82) is 0 Å². The third kappa shape index (κ3) is 7.74. The Morgan fingerprint density at radius 2 is 1.78 bits per heavy atom. The van der Waals surface area contributed by atoms with Crippen molar-refractivity contribution < 1.29 is 23.1 Å². The number of carbonyl (C=O) groups is 2. The summed E-state index contributed by atoms with van der Waals surface area (Å²) in [5.74, 6) is 0.835. The molecule has 7 nitrogen and oxygen atoms in total. The monoisotopic (exact) mass is 513 g/mol. The van der Waals surface area contributed by atoms with Crippen LogP contribution in [0.25, 0.3) is 0 Å². The Kier molecular flexibility index (Phi) is 9.27.